The summed E-state index contributed by atoms with van der Waals surface area (Å²) in [6, 6.07) is 20.7. The van der Waals surface area contributed by atoms with E-state index in [0.717, 1.165) is 16.8 Å². The fourth-order valence-corrected chi connectivity index (χ4v) is 5.06. The number of hydrogen-bond acceptors (Lipinski definition) is 4. The lowest BCUT2D eigenvalue weighted by molar-refractivity contribution is -0.122. The van der Waals surface area contributed by atoms with E-state index in [0.29, 0.717) is 46.0 Å². The van der Waals surface area contributed by atoms with Crippen molar-refractivity contribution in [1.29, 1.82) is 5.26 Å². The van der Waals surface area contributed by atoms with Crippen molar-refractivity contribution < 1.29 is 9.18 Å². The highest BCUT2D eigenvalue weighted by Crippen LogP contribution is 2.27. The Balaban J connectivity index is 1.46. The largest absolute Gasteiger partial charge is 0.349 e. The van der Waals surface area contributed by atoms with Crippen LogP contribution in [0.4, 0.5) is 10.1 Å². The molecule has 7 nitrogen and oxygen atoms in total. The number of nitriles is 1. The van der Waals surface area contributed by atoms with Gasteiger partial charge in [-0.25, -0.2) is 9.37 Å². The predicted molar refractivity (Wildman–Crippen MR) is 168 cm³/mol. The summed E-state index contributed by atoms with van der Waals surface area (Å²) in [7, 11) is 0. The molecular formula is C31H29Cl2FN6OS. The average Bonchev–Trinajstić information content (AvgIpc) is 3.37. The first kappa shape index (κ1) is 31.0. The fourth-order valence-electron chi connectivity index (χ4n) is 4.43. The van der Waals surface area contributed by atoms with Gasteiger partial charge in [0.05, 0.1) is 40.0 Å². The van der Waals surface area contributed by atoms with Crippen LogP contribution in [0.2, 0.25) is 10.0 Å². The summed E-state index contributed by atoms with van der Waals surface area (Å²) in [5, 5.41) is 16.5. The minimum Gasteiger partial charge on any atom is -0.349 e. The lowest BCUT2D eigenvalue weighted by Crippen LogP contribution is -2.53. The van der Waals surface area contributed by atoms with Crippen LogP contribution in [0.25, 0.3) is 0 Å². The van der Waals surface area contributed by atoms with Gasteiger partial charge in [-0.05, 0) is 79.7 Å². The zero-order chi connectivity index (χ0) is 30.3. The van der Waals surface area contributed by atoms with E-state index < -0.39 is 5.54 Å². The number of thiocarbonyl (C=S) groups is 1. The minimum absolute atomic E-state index is 0.123. The standard InChI is InChI=1S/C31H29Cl2FN6OS/c1-31(2,38-28(41)14-26-16-36-20-40(26)17-22-8-6-21(15-35)7-9-22)19-39(18-23-4-3-5-27(32)29(23)33)30(42)37-25-12-10-24(34)11-13-25/h3-13,16,20H,14,17-19H2,1-2H3,(H,37,42)(H,38,41). The highest BCUT2D eigenvalue weighted by molar-refractivity contribution is 7.80. The normalized spacial score (nSPS) is 11.0. The Bertz CT molecular complexity index is 1600. The molecule has 2 N–H and O–H groups in total. The zero-order valence-electron chi connectivity index (χ0n) is 23.1. The SMILES string of the molecule is CC(C)(CN(Cc1cccc(Cl)c1Cl)C(=S)Nc1ccc(F)cc1)NC(=O)Cc1cncn1Cc1ccc(C#N)cc1. The van der Waals surface area contributed by atoms with E-state index in [4.69, 9.17) is 40.7 Å². The lowest BCUT2D eigenvalue weighted by atomic mass is 10.0. The van der Waals surface area contributed by atoms with Gasteiger partial charge in [0.25, 0.3) is 0 Å². The molecule has 0 aliphatic heterocycles. The van der Waals surface area contributed by atoms with E-state index >= 15 is 0 Å². The van der Waals surface area contributed by atoms with Gasteiger partial charge in [-0.1, -0.05) is 47.5 Å². The highest BCUT2D eigenvalue weighted by Gasteiger charge is 2.27. The summed E-state index contributed by atoms with van der Waals surface area (Å²) in [6.07, 6.45) is 3.48. The second-order valence-corrected chi connectivity index (χ2v) is 11.6. The first-order valence-electron chi connectivity index (χ1n) is 13.1. The van der Waals surface area contributed by atoms with Gasteiger partial charge >= 0.3 is 0 Å². The van der Waals surface area contributed by atoms with Crippen molar-refractivity contribution in [3.8, 4) is 6.07 Å². The summed E-state index contributed by atoms with van der Waals surface area (Å²) in [6.45, 7) is 5.00. The number of halogens is 3. The second-order valence-electron chi connectivity index (χ2n) is 10.4. The third-order valence-corrected chi connectivity index (χ3v) is 7.63. The summed E-state index contributed by atoms with van der Waals surface area (Å²) < 4.78 is 15.3. The molecule has 42 heavy (non-hydrogen) atoms. The van der Waals surface area contributed by atoms with Gasteiger partial charge in [0, 0.05) is 37.2 Å². The van der Waals surface area contributed by atoms with Crippen LogP contribution in [-0.2, 0) is 24.3 Å². The number of imidazole rings is 1. The number of anilines is 1. The van der Waals surface area contributed by atoms with Crippen LogP contribution in [0.15, 0.2) is 79.3 Å². The number of rotatable bonds is 10. The Morgan fingerprint density at radius 2 is 1.83 bits per heavy atom. The van der Waals surface area contributed by atoms with Crippen molar-refractivity contribution in [3.05, 3.63) is 118 Å². The summed E-state index contributed by atoms with van der Waals surface area (Å²) >= 11 is 18.5. The molecule has 3 aromatic carbocycles. The molecule has 0 saturated carbocycles. The molecule has 0 unspecified atom stereocenters. The van der Waals surface area contributed by atoms with E-state index in [-0.39, 0.29) is 18.1 Å². The smallest absolute Gasteiger partial charge is 0.226 e. The Morgan fingerprint density at radius 3 is 2.52 bits per heavy atom. The van der Waals surface area contributed by atoms with Gasteiger partial charge < -0.3 is 20.1 Å². The Kier molecular flexibility index (Phi) is 10.2. The molecule has 0 saturated heterocycles. The Hall–Kier alpha value is -3.97. The summed E-state index contributed by atoms with van der Waals surface area (Å²) in [5.74, 6) is -0.532. The van der Waals surface area contributed by atoms with E-state index in [1.165, 1.54) is 12.1 Å². The molecule has 1 heterocycles. The van der Waals surface area contributed by atoms with Gasteiger partial charge in [-0.3, -0.25) is 4.79 Å². The maximum atomic E-state index is 13.4. The average molecular weight is 624 g/mol. The predicted octanol–water partition coefficient (Wildman–Crippen LogP) is 6.59. The number of amides is 1. The number of nitrogens with one attached hydrogen (secondary N) is 2. The number of carbonyl (C=O) groups excluding carboxylic acids is 1. The molecular weight excluding hydrogens is 594 g/mol. The Labute approximate surface area is 259 Å². The molecule has 0 aliphatic rings. The van der Waals surface area contributed by atoms with Crippen LogP contribution in [0.1, 0.15) is 36.2 Å². The summed E-state index contributed by atoms with van der Waals surface area (Å²) in [5.41, 5.74) is 3.01. The molecule has 1 aromatic heterocycles. The molecule has 0 aliphatic carbocycles. The minimum atomic E-state index is -0.714. The van der Waals surface area contributed by atoms with Gasteiger partial charge in [-0.15, -0.1) is 0 Å². The first-order valence-corrected chi connectivity index (χ1v) is 14.2. The van der Waals surface area contributed by atoms with Crippen LogP contribution >= 0.6 is 35.4 Å². The van der Waals surface area contributed by atoms with Gasteiger partial charge in [-0.2, -0.15) is 5.26 Å². The van der Waals surface area contributed by atoms with Crippen LogP contribution in [0, 0.1) is 17.1 Å². The van der Waals surface area contributed by atoms with Crippen molar-refractivity contribution in [1.82, 2.24) is 19.8 Å². The maximum absolute atomic E-state index is 13.4. The highest BCUT2D eigenvalue weighted by atomic mass is 35.5. The van der Waals surface area contributed by atoms with E-state index in [1.54, 1.807) is 42.9 Å². The monoisotopic (exact) mass is 622 g/mol. The molecule has 0 spiro atoms. The number of hydrogen-bond donors (Lipinski definition) is 2. The number of carbonyl (C=O) groups is 1. The quantitative estimate of drug-likeness (QED) is 0.194. The molecule has 0 radical (unpaired) electrons. The van der Waals surface area contributed by atoms with Crippen molar-refractivity contribution in [2.45, 2.75) is 38.9 Å². The molecule has 216 valence electrons. The van der Waals surface area contributed by atoms with Crippen molar-refractivity contribution in [2.24, 2.45) is 0 Å². The molecule has 0 atom stereocenters. The van der Waals surface area contributed by atoms with Crippen LogP contribution in [0.5, 0.6) is 0 Å². The molecule has 1 amide bonds. The van der Waals surface area contributed by atoms with Crippen LogP contribution in [-0.4, -0.2) is 37.6 Å². The van der Waals surface area contributed by atoms with E-state index in [1.807, 2.05) is 47.6 Å². The third-order valence-electron chi connectivity index (χ3n) is 6.42. The fraction of sp³-hybridized carbons (Fsp3) is 0.226. The second kappa shape index (κ2) is 13.8. The van der Waals surface area contributed by atoms with Gasteiger partial charge in [0.1, 0.15) is 5.82 Å². The van der Waals surface area contributed by atoms with Crippen molar-refractivity contribution in [3.63, 3.8) is 0 Å². The van der Waals surface area contributed by atoms with Crippen LogP contribution in [0.3, 0.4) is 0 Å². The third kappa shape index (κ3) is 8.52. The Morgan fingerprint density at radius 1 is 1.12 bits per heavy atom. The van der Waals surface area contributed by atoms with Crippen LogP contribution < -0.4 is 10.6 Å². The maximum Gasteiger partial charge on any atom is 0.226 e. The lowest BCUT2D eigenvalue weighted by Gasteiger charge is -2.35. The van der Waals surface area contributed by atoms with Gasteiger partial charge in [0.2, 0.25) is 5.91 Å². The number of nitrogens with zero attached hydrogens (tertiary/aromatic N) is 4. The molecule has 0 fully saturated rings. The molecule has 11 heteroatoms. The van der Waals surface area contributed by atoms with Crippen molar-refractivity contribution >= 4 is 52.1 Å². The first-order chi connectivity index (χ1) is 20.0. The molecule has 4 rings (SSSR count). The number of aromatic nitrogens is 2. The van der Waals surface area contributed by atoms with Gasteiger partial charge in [0.15, 0.2) is 5.11 Å². The molecule has 0 bridgehead atoms. The van der Waals surface area contributed by atoms with E-state index in [2.05, 4.69) is 21.7 Å². The molecule has 4 aromatic rings. The van der Waals surface area contributed by atoms with Crippen molar-refractivity contribution in [2.75, 3.05) is 11.9 Å². The topological polar surface area (TPSA) is 86.0 Å². The van der Waals surface area contributed by atoms with E-state index in [9.17, 15) is 9.18 Å². The number of benzene rings is 3. The summed E-state index contributed by atoms with van der Waals surface area (Å²) in [4.78, 5) is 19.3. The zero-order valence-corrected chi connectivity index (χ0v) is 25.4.